The molecule has 18 saturated heterocycles. The van der Waals surface area contributed by atoms with E-state index in [1.807, 2.05) is 67.2 Å². The Bertz CT molecular complexity index is 3240. The van der Waals surface area contributed by atoms with Gasteiger partial charge in [0.25, 0.3) is 0 Å². The van der Waals surface area contributed by atoms with Gasteiger partial charge in [0.2, 0.25) is 0 Å². The van der Waals surface area contributed by atoms with Gasteiger partial charge in [-0.25, -0.2) is 0 Å². The monoisotopic (exact) mass is 1940 g/mol. The molecule has 128 heavy (non-hydrogen) atoms. The van der Waals surface area contributed by atoms with Gasteiger partial charge in [0.05, 0.1) is 176 Å². The molecule has 16 bridgehead atoms. The first-order valence-corrected chi connectivity index (χ1v) is 51.2. The van der Waals surface area contributed by atoms with Crippen LogP contribution in [0.1, 0.15) is 68.2 Å². The number of nitrogens with one attached hydrogen (secondary N) is 2. The van der Waals surface area contributed by atoms with Gasteiger partial charge in [-0.15, -0.1) is 23.5 Å². The van der Waals surface area contributed by atoms with Gasteiger partial charge in [-0.1, -0.05) is 0 Å². The van der Waals surface area contributed by atoms with Crippen LogP contribution in [0, 0.1) is 0 Å². The molecule has 49 heteroatoms. The van der Waals surface area contributed by atoms with E-state index >= 15 is 0 Å². The summed E-state index contributed by atoms with van der Waals surface area (Å²) in [6, 6.07) is -0.236. The summed E-state index contributed by atoms with van der Waals surface area (Å²) in [6.07, 6.45) is -2.13. The Balaban J connectivity index is 0.000000161. The van der Waals surface area contributed by atoms with Crippen LogP contribution in [0.2, 0.25) is 0 Å². The van der Waals surface area contributed by atoms with E-state index in [2.05, 4.69) is 10.6 Å². The van der Waals surface area contributed by atoms with E-state index in [9.17, 15) is 53.9 Å². The zero-order valence-corrected chi connectivity index (χ0v) is 81.7. The second kappa shape index (κ2) is 47.0. The molecule has 9 N–H and O–H groups in total. The van der Waals surface area contributed by atoms with Gasteiger partial charge in [-0.3, -0.25) is 0 Å². The summed E-state index contributed by atoms with van der Waals surface area (Å²) in [5.41, 5.74) is -5.21. The van der Waals surface area contributed by atoms with E-state index < -0.39 is 98.1 Å². The van der Waals surface area contributed by atoms with Crippen molar-refractivity contribution < 1.29 is 191 Å². The Labute approximate surface area is 762 Å². The molecule has 18 aliphatic heterocycles. The van der Waals surface area contributed by atoms with E-state index in [1.54, 1.807) is 75.8 Å². The van der Waals surface area contributed by atoms with Crippen molar-refractivity contribution in [3.05, 3.63) is 0 Å². The summed E-state index contributed by atoms with van der Waals surface area (Å²) >= 11 is 3.54. The van der Waals surface area contributed by atoms with Crippen molar-refractivity contribution in [1.82, 2.24) is 10.6 Å². The fraction of sp³-hybridized carbons (Fsp3) is 1.00. The van der Waals surface area contributed by atoms with Crippen molar-refractivity contribution in [1.29, 1.82) is 0 Å². The van der Waals surface area contributed by atoms with Gasteiger partial charge >= 0.3 is 0 Å². The predicted molar refractivity (Wildman–Crippen MR) is 455 cm³/mol. The molecule has 4 radical (unpaired) electrons. The highest BCUT2D eigenvalue weighted by Gasteiger charge is 2.67. The van der Waals surface area contributed by atoms with E-state index in [0.29, 0.717) is 71.2 Å². The molecule has 11 unspecified atom stereocenters. The van der Waals surface area contributed by atoms with Crippen molar-refractivity contribution in [2.24, 2.45) is 0 Å². The lowest BCUT2D eigenvalue weighted by Crippen LogP contribution is -2.47. The van der Waals surface area contributed by atoms with Crippen LogP contribution in [0.15, 0.2) is 0 Å². The number of hydrogen-bond donors (Lipinski definition) is 9. The number of ether oxygens (including phenoxy) is 24. The Morgan fingerprint density at radius 2 is 0.703 bits per heavy atom. The molecule has 0 aromatic heterocycles. The van der Waals surface area contributed by atoms with Crippen LogP contribution in [0.4, 0.5) is 0 Å². The van der Waals surface area contributed by atoms with Crippen LogP contribution in [0.25, 0.3) is 0 Å². The Kier molecular flexibility index (Phi) is 41.0. The number of hydrogen-bond acceptors (Lipinski definition) is 44. The van der Waals surface area contributed by atoms with E-state index in [-0.39, 0.29) is 185 Å². The molecule has 0 spiro atoms. The summed E-state index contributed by atoms with van der Waals surface area (Å²) in [7, 11) is 16.1. The predicted octanol–water partition coefficient (Wildman–Crippen LogP) is -3.84. The summed E-state index contributed by atoms with van der Waals surface area (Å²) in [5, 5.41) is 71.6. The lowest BCUT2D eigenvalue weighted by atomic mass is 9.96. The SMILES string of the molecule is COC1[C@H]2NC[C@@]1(CO)O[C@H]2C.COC1[C@H]2OC[C@@]1(CO)O[C@H]2C.COC1[C@H]2SC[C@@]1(CO)O[C@H]2C.COC[C@]12CN[C@@H](C1OP(C)(=O)[O-])[C@H](C)O2.COC[C@]12CO[C@@H](C1OP(C)(=O)[O-])[C@H](C)O2.COC[C@]12CS[C@@H](C1OP(C)(=O)[O-])[C@H](C)O2.C[C@@H]1O[C@@]2(CO)CO[C@H]1C2O.C[C@H]1O[C@@]2(CO)CO[C@H]1C2O.[B][C@H]1C[C@@H](OC)[C@@H](COC)O1.[B][C@H]1C[C@H](OC)[C@@H](COC)O1. The van der Waals surface area contributed by atoms with Crippen LogP contribution >= 0.6 is 46.3 Å². The van der Waals surface area contributed by atoms with Crippen LogP contribution < -0.4 is 25.3 Å². The normalized spacial score (nSPS) is 47.8. The number of methoxy groups -OCH3 is 10. The van der Waals surface area contributed by atoms with Crippen LogP contribution in [0.5, 0.6) is 0 Å². The second-order valence-corrected chi connectivity index (χ2v) is 43.4. The highest BCUT2D eigenvalue weighted by Crippen LogP contribution is 2.55. The standard InChI is InChI=1S/C9H18NO5P.C9H17O6P.C9H17O5PS.C8H15NO3.C8H14O4.C8H14O3S.2C7H13BO3.2C7H12O4/c1-6-7-8(15-16(3,11)12)9(14-6,4-10-7)5-13-2;1-6-7-8(15-16(3,10)11)9(14-6,4-12-2)5-13-7;1-6-7-8(14-15(3,10)11)9(13-6,4-12-2)5-16-7;1-5-6-7(11-2)8(4-10,12-5)3-9-6;1-5-6-7(10-2)8(3-9,12-5)4-11-6;1-5-6-7(10-2)8(3-9,11-5)4-12-6;2*1-9-4-6-5(10-2)3-7(8)11-6;2*1-4-5-6(9)7(2-8,11-4)3-10-5/h6-8,10H,4-5H2,1-3H3,(H,11,12);2*6-8H,4-5H2,1-3H3,(H,10,11);5-7,9-10H,3-4H2,1-2H3;2*5-7,9H,3-4H2,1-2H3;2*5-7H,3-4H2,1-2H3;2*4-6,8-9H,2-3H2,1H3/p-3/t6-,7+,8?,9+;2*6-,7+,8?,9-;5-,6-,7?,8-;2*5-,6-,7?,8+;5-,6+,7+;5-,6-,7-;4-,5+,6?,7-;4-,5-,6?,7+/m0000000101/s1. The van der Waals surface area contributed by atoms with Crippen LogP contribution in [-0.4, -0.2) is 486 Å². The molecule has 42 nitrogen and oxygen atoms in total. The van der Waals surface area contributed by atoms with Crippen molar-refractivity contribution in [3.63, 3.8) is 0 Å². The highest BCUT2D eigenvalue weighted by molar-refractivity contribution is 8.00. The van der Waals surface area contributed by atoms with Gasteiger partial charge in [0.15, 0.2) is 0 Å². The maximum atomic E-state index is 11.3. The summed E-state index contributed by atoms with van der Waals surface area (Å²) in [4.78, 5) is 33.7. The molecule has 18 rings (SSSR count). The molecule has 744 valence electrons. The van der Waals surface area contributed by atoms with Crippen molar-refractivity contribution in [2.75, 3.05) is 208 Å². The molecular weight excluding hydrogens is 1800 g/mol. The minimum absolute atomic E-state index is 0.000000000000000222. The van der Waals surface area contributed by atoms with Crippen LogP contribution in [-0.2, 0) is 141 Å². The molecule has 18 heterocycles. The number of thioether (sulfide) groups is 2. The first-order chi connectivity index (χ1) is 60.3. The van der Waals surface area contributed by atoms with E-state index in [4.69, 9.17) is 153 Å². The van der Waals surface area contributed by atoms with Gasteiger partial charge in [0, 0.05) is 128 Å². The average molecular weight is 1940 g/mol. The topological polar surface area (TPSA) is 535 Å². The lowest BCUT2D eigenvalue weighted by Gasteiger charge is -2.32. The molecule has 0 saturated carbocycles. The molecule has 18 aliphatic rings. The third-order valence-corrected chi connectivity index (χ3v) is 31.3. The fourth-order valence-electron chi connectivity index (χ4n) is 20.2. The molecule has 0 amide bonds. The fourth-order valence-corrected chi connectivity index (χ4v) is 25.8. The van der Waals surface area contributed by atoms with Gasteiger partial charge < -0.3 is 202 Å². The minimum Gasteiger partial charge on any atom is -0.779 e. The number of aliphatic hydroxyl groups is 7. The van der Waals surface area contributed by atoms with Gasteiger partial charge in [0.1, 0.15) is 169 Å². The quantitative estimate of drug-likeness (QED) is 0.0296. The van der Waals surface area contributed by atoms with Crippen molar-refractivity contribution in [2.45, 2.75) is 294 Å². The van der Waals surface area contributed by atoms with Crippen LogP contribution in [0.3, 0.4) is 0 Å². The highest BCUT2D eigenvalue weighted by atomic mass is 32.2. The molecule has 41 atom stereocenters. The summed E-state index contributed by atoms with van der Waals surface area (Å²) < 4.78 is 178. The first kappa shape index (κ1) is 112. The first-order valence-electron chi connectivity index (χ1n) is 43.1. The molecule has 0 aliphatic carbocycles. The number of morpholine rings is 2. The van der Waals surface area contributed by atoms with Crippen molar-refractivity contribution in [3.8, 4) is 0 Å². The minimum atomic E-state index is -3.81. The zero-order valence-electron chi connectivity index (χ0n) is 77.4. The van der Waals surface area contributed by atoms with Gasteiger partial charge in [-0.2, -0.15) is 0 Å². The maximum Gasteiger partial charge on any atom is 0.144 e. The summed E-state index contributed by atoms with van der Waals surface area (Å²) in [6.45, 7) is 22.9. The Hall–Kier alpha value is -0.0401. The van der Waals surface area contributed by atoms with E-state index in [1.165, 1.54) is 7.11 Å². The molecule has 0 aromatic rings. The average Bonchev–Trinajstić information content (AvgIpc) is 1.59. The second-order valence-electron chi connectivity index (χ2n) is 35.8. The Morgan fingerprint density at radius 3 is 1.05 bits per heavy atom. The molecule has 18 fully saturated rings. The lowest BCUT2D eigenvalue weighted by molar-refractivity contribution is -0.207. The maximum absolute atomic E-state index is 11.3. The largest absolute Gasteiger partial charge is 0.779 e. The number of rotatable bonds is 26. The third-order valence-electron chi connectivity index (χ3n) is 26.1. The number of fused-ring (bicyclic) bond motifs is 16. The smallest absolute Gasteiger partial charge is 0.144 e. The number of aliphatic hydroxyl groups excluding tert-OH is 7. The zero-order chi connectivity index (χ0) is 94.9. The van der Waals surface area contributed by atoms with Crippen molar-refractivity contribution >= 4 is 62.0 Å². The summed E-state index contributed by atoms with van der Waals surface area (Å²) in [5.74, 6) is 1.58. The van der Waals surface area contributed by atoms with Gasteiger partial charge in [-0.05, 0) is 68.2 Å². The third kappa shape index (κ3) is 24.7. The molecule has 0 aromatic carbocycles. The van der Waals surface area contributed by atoms with E-state index in [0.717, 1.165) is 44.3 Å². The Morgan fingerprint density at radius 1 is 0.375 bits per heavy atom. The molecular formula is C79H142B2N2O40P3S2-3.